The molecule has 0 atom stereocenters. The number of nitrogens with zero attached hydrogens (tertiary/aromatic N) is 1. The van der Waals surface area contributed by atoms with Crippen molar-refractivity contribution >= 4 is 5.91 Å². The van der Waals surface area contributed by atoms with Crippen molar-refractivity contribution in [1.82, 2.24) is 4.90 Å². The molecule has 3 aromatic carbocycles. The molecule has 3 aromatic rings. The van der Waals surface area contributed by atoms with Gasteiger partial charge in [-0.25, -0.2) is 0 Å². The molecule has 1 saturated heterocycles. The first-order valence-electron chi connectivity index (χ1n) is 13.0. The molecule has 202 valence electrons. The fourth-order valence-corrected chi connectivity index (χ4v) is 5.10. The van der Waals surface area contributed by atoms with Crippen molar-refractivity contribution < 1.29 is 28.5 Å². The van der Waals surface area contributed by atoms with Crippen LogP contribution in [0.5, 0.6) is 28.7 Å². The number of hydrogen-bond acceptors (Lipinski definition) is 6. The van der Waals surface area contributed by atoms with Crippen LogP contribution < -0.4 is 23.7 Å². The number of benzene rings is 3. The molecule has 1 aliphatic heterocycles. The number of carbonyl (C=O) groups excluding carboxylic acids is 1. The van der Waals surface area contributed by atoms with Crippen LogP contribution in [0.1, 0.15) is 51.9 Å². The number of piperidine rings is 1. The smallest absolute Gasteiger partial charge is 0.257 e. The number of likely N-dealkylation sites (tertiary alicyclic amines) is 1. The molecule has 38 heavy (non-hydrogen) atoms. The zero-order valence-electron chi connectivity index (χ0n) is 23.0. The number of para-hydroxylation sites is 1. The Kier molecular flexibility index (Phi) is 9.00. The molecule has 0 N–H and O–H groups in total. The van der Waals surface area contributed by atoms with Gasteiger partial charge < -0.3 is 28.6 Å². The number of methoxy groups -OCH3 is 4. The van der Waals surface area contributed by atoms with Crippen LogP contribution in [-0.4, -0.2) is 52.3 Å². The first-order chi connectivity index (χ1) is 18.5. The van der Waals surface area contributed by atoms with Crippen LogP contribution >= 0.6 is 0 Å². The third-order valence-electron chi connectivity index (χ3n) is 7.03. The van der Waals surface area contributed by atoms with Crippen molar-refractivity contribution in [1.29, 1.82) is 0 Å². The minimum Gasteiger partial charge on any atom is -0.492 e. The average molecular weight is 520 g/mol. The minimum absolute atomic E-state index is 0.0408. The van der Waals surface area contributed by atoms with Crippen LogP contribution in [0.4, 0.5) is 0 Å². The van der Waals surface area contributed by atoms with Crippen molar-refractivity contribution in [2.24, 2.45) is 0 Å². The van der Waals surface area contributed by atoms with E-state index in [1.165, 1.54) is 6.42 Å². The van der Waals surface area contributed by atoms with Gasteiger partial charge in [0.05, 0.1) is 34.0 Å². The number of carbonyl (C=O) groups is 1. The van der Waals surface area contributed by atoms with Crippen LogP contribution in [0, 0.1) is 6.92 Å². The van der Waals surface area contributed by atoms with Crippen LogP contribution in [0.3, 0.4) is 0 Å². The van der Waals surface area contributed by atoms with E-state index in [9.17, 15) is 4.79 Å². The molecule has 0 aliphatic carbocycles. The first-order valence-corrected chi connectivity index (χ1v) is 13.0. The summed E-state index contributed by atoms with van der Waals surface area (Å²) in [5.74, 6) is 2.90. The SMILES string of the molecule is COc1c(C)c(Cc2cccc(COc3ccccc3C(=O)N3CCCCC3)c2)c(OC)c(OC)c1OC. The Labute approximate surface area is 225 Å². The average Bonchev–Trinajstić information content (AvgIpc) is 2.97. The Morgan fingerprint density at radius 3 is 2.08 bits per heavy atom. The normalized spacial score (nSPS) is 13.1. The predicted octanol–water partition coefficient (Wildman–Crippen LogP) is 5.83. The third-order valence-corrected chi connectivity index (χ3v) is 7.03. The van der Waals surface area contributed by atoms with E-state index in [0.29, 0.717) is 47.3 Å². The lowest BCUT2D eigenvalue weighted by molar-refractivity contribution is 0.0719. The van der Waals surface area contributed by atoms with E-state index >= 15 is 0 Å². The zero-order valence-corrected chi connectivity index (χ0v) is 23.0. The van der Waals surface area contributed by atoms with Gasteiger partial charge in [-0.2, -0.15) is 0 Å². The van der Waals surface area contributed by atoms with Gasteiger partial charge in [0.2, 0.25) is 11.5 Å². The van der Waals surface area contributed by atoms with Crippen LogP contribution in [-0.2, 0) is 13.0 Å². The Hall–Kier alpha value is -3.87. The summed E-state index contributed by atoms with van der Waals surface area (Å²) in [6.07, 6.45) is 3.89. The number of ether oxygens (including phenoxy) is 5. The van der Waals surface area contributed by atoms with Crippen LogP contribution in [0.15, 0.2) is 48.5 Å². The molecule has 0 bridgehead atoms. The molecule has 1 heterocycles. The standard InChI is InChI=1S/C31H37NO6/c1-21-25(28(35-3)30(37-5)29(36-4)27(21)34-2)19-22-12-11-13-23(18-22)20-38-26-15-8-7-14-24(26)31(33)32-16-9-6-10-17-32/h7-8,11-15,18H,6,9-10,16-17,19-20H2,1-5H3. The van der Waals surface area contributed by atoms with Gasteiger partial charge in [-0.1, -0.05) is 36.4 Å². The maximum atomic E-state index is 13.1. The summed E-state index contributed by atoms with van der Waals surface area (Å²) in [4.78, 5) is 15.1. The molecule has 1 fully saturated rings. The van der Waals surface area contributed by atoms with E-state index in [4.69, 9.17) is 23.7 Å². The second kappa shape index (κ2) is 12.6. The molecule has 0 radical (unpaired) electrons. The molecule has 0 saturated carbocycles. The van der Waals surface area contributed by atoms with Crippen molar-refractivity contribution in [3.63, 3.8) is 0 Å². The zero-order chi connectivity index (χ0) is 27.1. The van der Waals surface area contributed by atoms with Crippen molar-refractivity contribution in [2.75, 3.05) is 41.5 Å². The lowest BCUT2D eigenvalue weighted by atomic mass is 9.96. The Bertz CT molecular complexity index is 1270. The number of hydrogen-bond donors (Lipinski definition) is 0. The molecule has 0 unspecified atom stereocenters. The Morgan fingerprint density at radius 2 is 1.39 bits per heavy atom. The van der Waals surface area contributed by atoms with E-state index in [1.807, 2.05) is 48.2 Å². The van der Waals surface area contributed by atoms with Crippen molar-refractivity contribution in [3.05, 3.63) is 76.3 Å². The Balaban J connectivity index is 1.56. The third kappa shape index (κ3) is 5.67. The minimum atomic E-state index is 0.0408. The summed E-state index contributed by atoms with van der Waals surface area (Å²) in [6, 6.07) is 15.7. The summed E-state index contributed by atoms with van der Waals surface area (Å²) < 4.78 is 28.8. The van der Waals surface area contributed by atoms with Gasteiger partial charge >= 0.3 is 0 Å². The molecule has 0 spiro atoms. The van der Waals surface area contributed by atoms with E-state index in [-0.39, 0.29) is 5.91 Å². The fourth-order valence-electron chi connectivity index (χ4n) is 5.10. The van der Waals surface area contributed by atoms with Crippen molar-refractivity contribution in [3.8, 4) is 28.7 Å². The summed E-state index contributed by atoms with van der Waals surface area (Å²) in [5.41, 5.74) is 4.58. The van der Waals surface area contributed by atoms with Crippen LogP contribution in [0.25, 0.3) is 0 Å². The topological polar surface area (TPSA) is 66.5 Å². The summed E-state index contributed by atoms with van der Waals surface area (Å²) in [6.45, 7) is 3.95. The number of rotatable bonds is 10. The molecule has 1 amide bonds. The fraction of sp³-hybridized carbons (Fsp3) is 0.387. The van der Waals surface area contributed by atoms with Crippen molar-refractivity contribution in [2.45, 2.75) is 39.2 Å². The summed E-state index contributed by atoms with van der Waals surface area (Å²) in [7, 11) is 6.41. The van der Waals surface area contributed by atoms with Gasteiger partial charge in [0.25, 0.3) is 5.91 Å². The maximum absolute atomic E-state index is 13.1. The largest absolute Gasteiger partial charge is 0.492 e. The molecule has 0 aromatic heterocycles. The van der Waals surface area contributed by atoms with Gasteiger partial charge in [-0.05, 0) is 49.4 Å². The predicted molar refractivity (Wildman–Crippen MR) is 147 cm³/mol. The van der Waals surface area contributed by atoms with Gasteiger partial charge in [0.1, 0.15) is 12.4 Å². The highest BCUT2D eigenvalue weighted by Crippen LogP contribution is 2.49. The molecular weight excluding hydrogens is 482 g/mol. The highest BCUT2D eigenvalue weighted by molar-refractivity contribution is 5.97. The van der Waals surface area contributed by atoms with E-state index in [2.05, 4.69) is 12.1 Å². The van der Waals surface area contributed by atoms with E-state index in [0.717, 1.165) is 48.2 Å². The number of amides is 1. The van der Waals surface area contributed by atoms with Crippen LogP contribution in [0.2, 0.25) is 0 Å². The molecule has 4 rings (SSSR count). The second-order valence-corrected chi connectivity index (χ2v) is 9.37. The maximum Gasteiger partial charge on any atom is 0.257 e. The lowest BCUT2D eigenvalue weighted by Gasteiger charge is -2.27. The molecule has 7 heteroatoms. The van der Waals surface area contributed by atoms with E-state index in [1.54, 1.807) is 28.4 Å². The second-order valence-electron chi connectivity index (χ2n) is 9.37. The molecule has 1 aliphatic rings. The molecular formula is C31H37NO6. The highest BCUT2D eigenvalue weighted by atomic mass is 16.5. The Morgan fingerprint density at radius 1 is 0.763 bits per heavy atom. The lowest BCUT2D eigenvalue weighted by Crippen LogP contribution is -2.35. The van der Waals surface area contributed by atoms with Gasteiger partial charge in [-0.3, -0.25) is 4.79 Å². The summed E-state index contributed by atoms with van der Waals surface area (Å²) >= 11 is 0. The van der Waals surface area contributed by atoms with E-state index < -0.39 is 0 Å². The quantitative estimate of drug-likeness (QED) is 0.336. The monoisotopic (exact) mass is 519 g/mol. The first kappa shape index (κ1) is 27.2. The van der Waals surface area contributed by atoms with Gasteiger partial charge in [-0.15, -0.1) is 0 Å². The highest BCUT2D eigenvalue weighted by Gasteiger charge is 2.25. The summed E-state index contributed by atoms with van der Waals surface area (Å²) in [5, 5.41) is 0. The van der Waals surface area contributed by atoms with Gasteiger partial charge in [0.15, 0.2) is 11.5 Å². The molecule has 7 nitrogen and oxygen atoms in total. The van der Waals surface area contributed by atoms with Gasteiger partial charge in [0, 0.05) is 30.6 Å².